The van der Waals surface area contributed by atoms with E-state index in [-0.39, 0.29) is 13.2 Å². The minimum Gasteiger partial charge on any atom is -0.395 e. The normalized spacial score (nSPS) is 11.2. The molecule has 4 N–H and O–H groups in total. The SMILES string of the molecule is O=[PH](OCCNCCO)OCCNCCO. The third-order valence-corrected chi connectivity index (χ3v) is 2.45. The van der Waals surface area contributed by atoms with E-state index in [1.807, 2.05) is 0 Å². The molecule has 7 nitrogen and oxygen atoms in total. The van der Waals surface area contributed by atoms with Gasteiger partial charge in [-0.2, -0.15) is 0 Å². The molecule has 0 saturated heterocycles. The Bertz CT molecular complexity index is 157. The molecule has 0 spiro atoms. The summed E-state index contributed by atoms with van der Waals surface area (Å²) >= 11 is 0. The van der Waals surface area contributed by atoms with Crippen LogP contribution in [0.2, 0.25) is 0 Å². The van der Waals surface area contributed by atoms with Gasteiger partial charge in [0.2, 0.25) is 0 Å². The van der Waals surface area contributed by atoms with Crippen LogP contribution in [-0.4, -0.2) is 62.8 Å². The van der Waals surface area contributed by atoms with Gasteiger partial charge in [-0.25, -0.2) is 0 Å². The van der Waals surface area contributed by atoms with E-state index < -0.39 is 8.25 Å². The molecule has 0 aliphatic carbocycles. The van der Waals surface area contributed by atoms with Gasteiger partial charge in [0.25, 0.3) is 0 Å². The molecule has 0 heterocycles. The highest BCUT2D eigenvalue weighted by atomic mass is 31.1. The van der Waals surface area contributed by atoms with Gasteiger partial charge in [0, 0.05) is 26.2 Å². The number of aliphatic hydroxyl groups excluding tert-OH is 2. The topological polar surface area (TPSA) is 100 Å². The van der Waals surface area contributed by atoms with Gasteiger partial charge < -0.3 is 29.9 Å². The molecular weight excluding hydrogens is 235 g/mol. The molecule has 0 aromatic rings. The molecule has 0 bridgehead atoms. The minimum atomic E-state index is -2.42. The smallest absolute Gasteiger partial charge is 0.319 e. The minimum absolute atomic E-state index is 0.0716. The summed E-state index contributed by atoms with van der Waals surface area (Å²) in [6.45, 7) is 2.78. The van der Waals surface area contributed by atoms with Crippen molar-refractivity contribution in [2.24, 2.45) is 0 Å². The summed E-state index contributed by atoms with van der Waals surface area (Å²) in [5.74, 6) is 0. The first-order chi connectivity index (χ1) is 7.81. The summed E-state index contributed by atoms with van der Waals surface area (Å²) in [4.78, 5) is 0. The van der Waals surface area contributed by atoms with Gasteiger partial charge in [-0.3, -0.25) is 4.57 Å². The quantitative estimate of drug-likeness (QED) is 0.251. The second kappa shape index (κ2) is 13.1. The van der Waals surface area contributed by atoms with Crippen molar-refractivity contribution in [1.82, 2.24) is 10.6 Å². The van der Waals surface area contributed by atoms with E-state index in [1.54, 1.807) is 0 Å². The number of hydrogen-bond acceptors (Lipinski definition) is 7. The van der Waals surface area contributed by atoms with E-state index in [4.69, 9.17) is 19.3 Å². The number of hydrogen-bond donors (Lipinski definition) is 4. The zero-order valence-corrected chi connectivity index (χ0v) is 10.3. The predicted octanol–water partition coefficient (Wildman–Crippen LogP) is -1.43. The molecule has 0 aliphatic heterocycles. The maximum Gasteiger partial charge on any atom is 0.319 e. The molecule has 0 rings (SSSR count). The molecule has 0 aromatic heterocycles. The van der Waals surface area contributed by atoms with Crippen LogP contribution in [0.15, 0.2) is 0 Å². The Balaban J connectivity index is 3.12. The van der Waals surface area contributed by atoms with Gasteiger partial charge in [-0.1, -0.05) is 0 Å². The first-order valence-electron chi connectivity index (χ1n) is 5.24. The van der Waals surface area contributed by atoms with E-state index in [1.165, 1.54) is 0 Å². The lowest BCUT2D eigenvalue weighted by atomic mass is 10.6. The fourth-order valence-electron chi connectivity index (χ4n) is 0.863. The molecule has 16 heavy (non-hydrogen) atoms. The molecular formula is C8H21N2O5P. The highest BCUT2D eigenvalue weighted by molar-refractivity contribution is 7.33. The van der Waals surface area contributed by atoms with Gasteiger partial charge >= 0.3 is 8.25 Å². The Kier molecular flexibility index (Phi) is 13.0. The molecule has 0 fully saturated rings. The van der Waals surface area contributed by atoms with Gasteiger partial charge in [0.1, 0.15) is 0 Å². The van der Waals surface area contributed by atoms with Gasteiger partial charge in [-0.05, 0) is 0 Å². The number of nitrogens with one attached hydrogen (secondary N) is 2. The molecule has 0 unspecified atom stereocenters. The number of rotatable bonds is 12. The first-order valence-corrected chi connectivity index (χ1v) is 6.46. The Hall–Kier alpha value is -0.0100. The standard InChI is InChI=1S/C8H21N2O5P/c11-5-1-9-3-7-14-16(13)15-8-4-10-2-6-12/h9-12,16H,1-8H2. The number of aliphatic hydroxyl groups is 2. The zero-order valence-electron chi connectivity index (χ0n) is 9.28. The Morgan fingerprint density at radius 2 is 1.31 bits per heavy atom. The molecule has 0 saturated carbocycles. The lowest BCUT2D eigenvalue weighted by Gasteiger charge is -2.06. The maximum atomic E-state index is 11.1. The van der Waals surface area contributed by atoms with Crippen LogP contribution >= 0.6 is 8.25 Å². The average molecular weight is 256 g/mol. The largest absolute Gasteiger partial charge is 0.395 e. The third kappa shape index (κ3) is 12.1. The molecule has 0 aromatic carbocycles. The Labute approximate surface area is 96.1 Å². The summed E-state index contributed by atoms with van der Waals surface area (Å²) in [5, 5.41) is 22.7. The fourth-order valence-corrected chi connectivity index (χ4v) is 1.48. The average Bonchev–Trinajstić information content (AvgIpc) is 2.28. The van der Waals surface area contributed by atoms with Gasteiger partial charge in [0.05, 0.1) is 26.4 Å². The van der Waals surface area contributed by atoms with Gasteiger partial charge in [-0.15, -0.1) is 0 Å². The third-order valence-electron chi connectivity index (χ3n) is 1.57. The van der Waals surface area contributed by atoms with Crippen LogP contribution in [-0.2, 0) is 13.6 Å². The predicted molar refractivity (Wildman–Crippen MR) is 60.8 cm³/mol. The summed E-state index contributed by atoms with van der Waals surface area (Å²) in [6.07, 6.45) is 0. The molecule has 98 valence electrons. The summed E-state index contributed by atoms with van der Waals surface area (Å²) in [7, 11) is -2.42. The van der Waals surface area contributed by atoms with Crippen LogP contribution in [0.3, 0.4) is 0 Å². The maximum absolute atomic E-state index is 11.1. The van der Waals surface area contributed by atoms with E-state index in [9.17, 15) is 4.57 Å². The van der Waals surface area contributed by atoms with Crippen LogP contribution in [0.25, 0.3) is 0 Å². The van der Waals surface area contributed by atoms with Crippen molar-refractivity contribution >= 4 is 8.25 Å². The highest BCUT2D eigenvalue weighted by Gasteiger charge is 1.98. The molecule has 0 atom stereocenters. The lowest BCUT2D eigenvalue weighted by molar-refractivity contribution is 0.220. The summed E-state index contributed by atoms with van der Waals surface area (Å²) < 4.78 is 20.9. The van der Waals surface area contributed by atoms with Crippen LogP contribution < -0.4 is 10.6 Å². The van der Waals surface area contributed by atoms with Crippen molar-refractivity contribution in [1.29, 1.82) is 0 Å². The van der Waals surface area contributed by atoms with Crippen LogP contribution in [0.1, 0.15) is 0 Å². The van der Waals surface area contributed by atoms with Crippen LogP contribution in [0, 0.1) is 0 Å². The van der Waals surface area contributed by atoms with Crippen molar-refractivity contribution in [2.75, 3.05) is 52.6 Å². The Morgan fingerprint density at radius 1 is 0.875 bits per heavy atom. The van der Waals surface area contributed by atoms with Crippen LogP contribution in [0.4, 0.5) is 0 Å². The van der Waals surface area contributed by atoms with Crippen molar-refractivity contribution in [3.05, 3.63) is 0 Å². The van der Waals surface area contributed by atoms with Crippen molar-refractivity contribution in [2.45, 2.75) is 0 Å². The molecule has 8 heteroatoms. The summed E-state index contributed by atoms with van der Waals surface area (Å²) in [5.41, 5.74) is 0. The van der Waals surface area contributed by atoms with Gasteiger partial charge in [0.15, 0.2) is 0 Å². The second-order valence-electron chi connectivity index (χ2n) is 2.89. The summed E-state index contributed by atoms with van der Waals surface area (Å²) in [6, 6.07) is 0. The van der Waals surface area contributed by atoms with E-state index in [0.717, 1.165) is 0 Å². The van der Waals surface area contributed by atoms with E-state index in [0.29, 0.717) is 39.4 Å². The zero-order chi connectivity index (χ0) is 12.1. The Morgan fingerprint density at radius 3 is 1.69 bits per heavy atom. The van der Waals surface area contributed by atoms with Crippen molar-refractivity contribution in [3.8, 4) is 0 Å². The second-order valence-corrected chi connectivity index (χ2v) is 3.97. The molecule has 0 radical (unpaired) electrons. The molecule has 0 aliphatic rings. The van der Waals surface area contributed by atoms with Crippen molar-refractivity contribution < 1.29 is 23.8 Å². The van der Waals surface area contributed by atoms with Crippen LogP contribution in [0.5, 0.6) is 0 Å². The molecule has 0 amide bonds. The fraction of sp³-hybridized carbons (Fsp3) is 1.00. The lowest BCUT2D eigenvalue weighted by Crippen LogP contribution is -2.23. The highest BCUT2D eigenvalue weighted by Crippen LogP contribution is 2.22. The monoisotopic (exact) mass is 256 g/mol. The van der Waals surface area contributed by atoms with Crippen molar-refractivity contribution in [3.63, 3.8) is 0 Å². The van der Waals surface area contributed by atoms with E-state index in [2.05, 4.69) is 10.6 Å². The van der Waals surface area contributed by atoms with E-state index >= 15 is 0 Å². The first kappa shape index (κ1) is 16.0.